The van der Waals surface area contributed by atoms with Crippen molar-refractivity contribution in [2.45, 2.75) is 25.7 Å². The quantitative estimate of drug-likeness (QED) is 0.684. The smallest absolute Gasteiger partial charge is 0.407 e. The minimum atomic E-state index is -0.989. The number of amides is 1. The van der Waals surface area contributed by atoms with Crippen molar-refractivity contribution >= 4 is 6.09 Å². The van der Waals surface area contributed by atoms with Gasteiger partial charge in [0.15, 0.2) is 0 Å². The lowest BCUT2D eigenvalue weighted by Gasteiger charge is -2.22. The summed E-state index contributed by atoms with van der Waals surface area (Å²) in [6, 6.07) is 14.7. The molecule has 1 amide bonds. The van der Waals surface area contributed by atoms with Gasteiger partial charge in [0.2, 0.25) is 0 Å². The Bertz CT molecular complexity index is 667. The van der Waals surface area contributed by atoms with Crippen LogP contribution in [0.15, 0.2) is 48.5 Å². The average molecular weight is 345 g/mol. The van der Waals surface area contributed by atoms with Crippen molar-refractivity contribution in [3.63, 3.8) is 0 Å². The molecule has 0 heterocycles. The Morgan fingerprint density at radius 1 is 1.08 bits per heavy atom. The molecule has 0 saturated carbocycles. The fraction of sp³-hybridized carbons (Fsp3) is 0.316. The predicted molar refractivity (Wildman–Crippen MR) is 93.4 cm³/mol. The van der Waals surface area contributed by atoms with Gasteiger partial charge in [-0.2, -0.15) is 0 Å². The van der Waals surface area contributed by atoms with E-state index in [1.807, 2.05) is 30.3 Å². The van der Waals surface area contributed by atoms with Crippen LogP contribution in [0.5, 0.6) is 5.75 Å². The largest absolute Gasteiger partial charge is 0.486 e. The molecule has 0 aliphatic carbocycles. The lowest BCUT2D eigenvalue weighted by Crippen LogP contribution is -2.27. The zero-order valence-corrected chi connectivity index (χ0v) is 14.1. The summed E-state index contributed by atoms with van der Waals surface area (Å²) in [4.78, 5) is 12.2. The first-order chi connectivity index (χ1) is 12.0. The van der Waals surface area contributed by atoms with Crippen LogP contribution in [0.4, 0.5) is 4.79 Å². The summed E-state index contributed by atoms with van der Waals surface area (Å²) in [6.45, 7) is 0.0192. The molecule has 1 atom stereocenters. The van der Waals surface area contributed by atoms with Gasteiger partial charge >= 0.3 is 6.09 Å². The normalized spacial score (nSPS) is 11.8. The van der Waals surface area contributed by atoms with Crippen molar-refractivity contribution in [1.29, 1.82) is 0 Å². The van der Waals surface area contributed by atoms with Gasteiger partial charge in [0, 0.05) is 20.0 Å². The Morgan fingerprint density at radius 3 is 2.20 bits per heavy atom. The van der Waals surface area contributed by atoms with Gasteiger partial charge in [0.25, 0.3) is 0 Å². The van der Waals surface area contributed by atoms with Gasteiger partial charge in [-0.1, -0.05) is 36.4 Å². The third kappa shape index (κ3) is 5.48. The fourth-order valence-electron chi connectivity index (χ4n) is 2.51. The predicted octanol–water partition coefficient (Wildman–Crippen LogP) is 2.79. The monoisotopic (exact) mass is 345 g/mol. The molecular formula is C19H23NO5. The van der Waals surface area contributed by atoms with Crippen LogP contribution in [0.3, 0.4) is 0 Å². The summed E-state index contributed by atoms with van der Waals surface area (Å²) >= 11 is 0. The second-order valence-electron chi connectivity index (χ2n) is 5.81. The van der Waals surface area contributed by atoms with Crippen molar-refractivity contribution in [2.24, 2.45) is 0 Å². The Labute approximate surface area is 146 Å². The molecule has 0 spiro atoms. The highest BCUT2D eigenvalue weighted by molar-refractivity contribution is 5.64. The zero-order chi connectivity index (χ0) is 18.2. The van der Waals surface area contributed by atoms with Crippen LogP contribution in [0.25, 0.3) is 0 Å². The fourth-order valence-corrected chi connectivity index (χ4v) is 2.51. The standard InChI is InChI=1S/C19H23NO5/c1-20(19(23)24)8-7-18(16-5-3-2-4-6-16)25-17-10-14(12-21)9-15(11-17)13-22/h2-6,9-11,18,21-22H,7-8,12-13H2,1H3,(H,23,24). The average Bonchev–Trinajstić information content (AvgIpc) is 2.64. The second kappa shape index (κ2) is 9.05. The molecule has 0 aromatic heterocycles. The highest BCUT2D eigenvalue weighted by Gasteiger charge is 2.16. The molecule has 0 bridgehead atoms. The maximum absolute atomic E-state index is 11.0. The van der Waals surface area contributed by atoms with E-state index in [-0.39, 0.29) is 19.3 Å². The number of carboxylic acid groups (broad SMARTS) is 1. The van der Waals surface area contributed by atoms with Crippen LogP contribution in [0.1, 0.15) is 29.2 Å². The van der Waals surface area contributed by atoms with Crippen molar-refractivity contribution < 1.29 is 24.9 Å². The summed E-state index contributed by atoms with van der Waals surface area (Å²) in [5, 5.41) is 27.7. The molecule has 0 aliphatic rings. The van der Waals surface area contributed by atoms with E-state index in [0.717, 1.165) is 5.56 Å². The van der Waals surface area contributed by atoms with Gasteiger partial charge in [0.1, 0.15) is 11.9 Å². The van der Waals surface area contributed by atoms with Crippen LogP contribution in [-0.2, 0) is 13.2 Å². The molecule has 6 heteroatoms. The minimum absolute atomic E-state index is 0.151. The SMILES string of the molecule is CN(CCC(Oc1cc(CO)cc(CO)c1)c1ccccc1)C(=O)O. The number of hydrogen-bond donors (Lipinski definition) is 3. The van der Waals surface area contributed by atoms with E-state index in [0.29, 0.717) is 29.8 Å². The Kier molecular flexibility index (Phi) is 6.80. The molecule has 0 saturated heterocycles. The molecule has 0 radical (unpaired) electrons. The first kappa shape index (κ1) is 18.8. The van der Waals surface area contributed by atoms with Crippen LogP contribution >= 0.6 is 0 Å². The van der Waals surface area contributed by atoms with Gasteiger partial charge in [0.05, 0.1) is 13.2 Å². The molecule has 2 aromatic rings. The number of aliphatic hydroxyl groups excluding tert-OH is 2. The molecule has 134 valence electrons. The molecule has 6 nitrogen and oxygen atoms in total. The Morgan fingerprint density at radius 2 is 1.68 bits per heavy atom. The van der Waals surface area contributed by atoms with E-state index in [4.69, 9.17) is 9.84 Å². The Hall–Kier alpha value is -2.57. The van der Waals surface area contributed by atoms with Crippen molar-refractivity contribution in [3.8, 4) is 5.75 Å². The van der Waals surface area contributed by atoms with Crippen molar-refractivity contribution in [3.05, 3.63) is 65.2 Å². The molecule has 1 unspecified atom stereocenters. The molecule has 3 N–H and O–H groups in total. The van der Waals surface area contributed by atoms with Crippen LogP contribution in [0.2, 0.25) is 0 Å². The third-order valence-corrected chi connectivity index (χ3v) is 3.89. The summed E-state index contributed by atoms with van der Waals surface area (Å²) in [5.41, 5.74) is 2.23. The maximum atomic E-state index is 11.0. The number of benzene rings is 2. The van der Waals surface area contributed by atoms with Gasteiger partial charge < -0.3 is 25.0 Å². The van der Waals surface area contributed by atoms with Crippen LogP contribution in [0, 0.1) is 0 Å². The van der Waals surface area contributed by atoms with Crippen LogP contribution < -0.4 is 4.74 Å². The molecule has 25 heavy (non-hydrogen) atoms. The van der Waals surface area contributed by atoms with E-state index in [1.54, 1.807) is 18.2 Å². The number of rotatable bonds is 8. The van der Waals surface area contributed by atoms with E-state index >= 15 is 0 Å². The maximum Gasteiger partial charge on any atom is 0.407 e. The van der Waals surface area contributed by atoms with Gasteiger partial charge in [-0.05, 0) is 28.8 Å². The second-order valence-corrected chi connectivity index (χ2v) is 5.81. The number of hydrogen-bond acceptors (Lipinski definition) is 4. The van der Waals surface area contributed by atoms with Crippen molar-refractivity contribution in [1.82, 2.24) is 4.90 Å². The van der Waals surface area contributed by atoms with E-state index in [9.17, 15) is 15.0 Å². The highest BCUT2D eigenvalue weighted by atomic mass is 16.5. The molecule has 2 rings (SSSR count). The number of ether oxygens (including phenoxy) is 1. The lowest BCUT2D eigenvalue weighted by molar-refractivity contribution is 0.140. The highest BCUT2D eigenvalue weighted by Crippen LogP contribution is 2.27. The van der Waals surface area contributed by atoms with Crippen LogP contribution in [-0.4, -0.2) is 39.9 Å². The van der Waals surface area contributed by atoms with E-state index in [1.165, 1.54) is 11.9 Å². The summed E-state index contributed by atoms with van der Waals surface area (Å²) in [5.74, 6) is 0.530. The van der Waals surface area contributed by atoms with Gasteiger partial charge in [-0.3, -0.25) is 0 Å². The third-order valence-electron chi connectivity index (χ3n) is 3.89. The molecule has 0 fully saturated rings. The first-order valence-electron chi connectivity index (χ1n) is 8.03. The van der Waals surface area contributed by atoms with Gasteiger partial charge in [-0.15, -0.1) is 0 Å². The summed E-state index contributed by atoms with van der Waals surface area (Å²) in [6.07, 6.45) is -0.856. The topological polar surface area (TPSA) is 90.2 Å². The zero-order valence-electron chi connectivity index (χ0n) is 14.1. The van der Waals surface area contributed by atoms with Gasteiger partial charge in [-0.25, -0.2) is 4.79 Å². The molecule has 2 aromatic carbocycles. The number of carbonyl (C=O) groups is 1. The summed E-state index contributed by atoms with van der Waals surface area (Å²) in [7, 11) is 1.51. The first-order valence-corrected chi connectivity index (χ1v) is 8.03. The molecule has 0 aliphatic heterocycles. The summed E-state index contributed by atoms with van der Waals surface area (Å²) < 4.78 is 6.07. The number of aliphatic hydroxyl groups is 2. The molecular weight excluding hydrogens is 322 g/mol. The van der Waals surface area contributed by atoms with Crippen molar-refractivity contribution in [2.75, 3.05) is 13.6 Å². The number of nitrogens with zero attached hydrogens (tertiary/aromatic N) is 1. The van der Waals surface area contributed by atoms with E-state index in [2.05, 4.69) is 0 Å². The lowest BCUT2D eigenvalue weighted by atomic mass is 10.1. The van der Waals surface area contributed by atoms with E-state index < -0.39 is 6.09 Å². The minimum Gasteiger partial charge on any atom is -0.486 e. The Balaban J connectivity index is 2.22.